The van der Waals surface area contributed by atoms with Crippen molar-refractivity contribution in [3.05, 3.63) is 64.7 Å². The number of aldehydes is 1. The van der Waals surface area contributed by atoms with E-state index in [1.165, 1.54) is 5.56 Å². The smallest absolute Gasteiger partial charge is 0.153 e. The molecule has 0 N–H and O–H groups in total. The molecule has 0 atom stereocenters. The molecule has 0 spiro atoms. The molecule has 2 heteroatoms. The van der Waals surface area contributed by atoms with Gasteiger partial charge < -0.3 is 4.74 Å². The standard InChI is InChI=1S/C16H16O2/c1-12-5-3-7-14(9-12)11-18-16-13(2)6-4-8-15(16)10-17/h3-10H,11H2,1-2H3. The lowest BCUT2D eigenvalue weighted by molar-refractivity contribution is 0.111. The summed E-state index contributed by atoms with van der Waals surface area (Å²) in [5.41, 5.74) is 3.89. The number of hydrogen-bond donors (Lipinski definition) is 0. The lowest BCUT2D eigenvalue weighted by Crippen LogP contribution is -2.00. The van der Waals surface area contributed by atoms with Crippen molar-refractivity contribution in [1.82, 2.24) is 0 Å². The molecule has 0 bridgehead atoms. The van der Waals surface area contributed by atoms with Crippen LogP contribution in [0.2, 0.25) is 0 Å². The van der Waals surface area contributed by atoms with Crippen LogP contribution in [0.1, 0.15) is 27.0 Å². The Labute approximate surface area is 107 Å². The molecule has 0 aliphatic heterocycles. The molecule has 0 amide bonds. The summed E-state index contributed by atoms with van der Waals surface area (Å²) >= 11 is 0. The van der Waals surface area contributed by atoms with E-state index < -0.39 is 0 Å². The number of carbonyl (C=O) groups excluding carboxylic acids is 1. The van der Waals surface area contributed by atoms with Crippen LogP contribution in [0, 0.1) is 13.8 Å². The fraction of sp³-hybridized carbons (Fsp3) is 0.188. The summed E-state index contributed by atoms with van der Waals surface area (Å²) < 4.78 is 5.77. The lowest BCUT2D eigenvalue weighted by Gasteiger charge is -2.11. The van der Waals surface area contributed by atoms with E-state index in [0.717, 1.165) is 17.4 Å². The van der Waals surface area contributed by atoms with Gasteiger partial charge >= 0.3 is 0 Å². The van der Waals surface area contributed by atoms with Crippen LogP contribution in [0.3, 0.4) is 0 Å². The summed E-state index contributed by atoms with van der Waals surface area (Å²) in [5, 5.41) is 0. The fourth-order valence-corrected chi connectivity index (χ4v) is 1.92. The number of rotatable bonds is 4. The molecule has 2 aromatic carbocycles. The Morgan fingerprint density at radius 1 is 1.11 bits per heavy atom. The van der Waals surface area contributed by atoms with Gasteiger partial charge in [0.25, 0.3) is 0 Å². The third kappa shape index (κ3) is 2.77. The molecule has 0 fully saturated rings. The van der Waals surface area contributed by atoms with E-state index in [9.17, 15) is 4.79 Å². The minimum atomic E-state index is 0.480. The van der Waals surface area contributed by atoms with E-state index in [4.69, 9.17) is 4.74 Å². The van der Waals surface area contributed by atoms with Gasteiger partial charge in [0.1, 0.15) is 12.4 Å². The van der Waals surface area contributed by atoms with Crippen molar-refractivity contribution < 1.29 is 9.53 Å². The van der Waals surface area contributed by atoms with E-state index in [1.807, 2.05) is 44.2 Å². The predicted molar refractivity (Wildman–Crippen MR) is 72.1 cm³/mol. The normalized spacial score (nSPS) is 10.1. The van der Waals surface area contributed by atoms with Gasteiger partial charge in [0.15, 0.2) is 6.29 Å². The van der Waals surface area contributed by atoms with Gasteiger partial charge in [-0.3, -0.25) is 4.79 Å². The van der Waals surface area contributed by atoms with E-state index in [0.29, 0.717) is 17.9 Å². The number of ether oxygens (including phenoxy) is 1. The minimum Gasteiger partial charge on any atom is -0.488 e. The molecule has 0 aromatic heterocycles. The van der Waals surface area contributed by atoms with E-state index in [2.05, 4.69) is 6.07 Å². The van der Waals surface area contributed by atoms with E-state index >= 15 is 0 Å². The Morgan fingerprint density at radius 2 is 1.89 bits per heavy atom. The van der Waals surface area contributed by atoms with Crippen molar-refractivity contribution in [2.24, 2.45) is 0 Å². The Hall–Kier alpha value is -2.09. The maximum atomic E-state index is 11.0. The molecule has 0 heterocycles. The number of carbonyl (C=O) groups is 1. The molecule has 0 saturated carbocycles. The zero-order valence-corrected chi connectivity index (χ0v) is 10.6. The van der Waals surface area contributed by atoms with Crippen LogP contribution in [-0.2, 0) is 6.61 Å². The molecule has 0 aliphatic carbocycles. The summed E-state index contributed by atoms with van der Waals surface area (Å²) in [7, 11) is 0. The molecule has 0 radical (unpaired) electrons. The number of aryl methyl sites for hydroxylation is 2. The number of para-hydroxylation sites is 1. The molecule has 2 aromatic rings. The maximum absolute atomic E-state index is 11.0. The fourth-order valence-electron chi connectivity index (χ4n) is 1.92. The largest absolute Gasteiger partial charge is 0.488 e. The summed E-state index contributed by atoms with van der Waals surface area (Å²) in [4.78, 5) is 11.0. The highest BCUT2D eigenvalue weighted by Crippen LogP contribution is 2.23. The van der Waals surface area contributed by atoms with Gasteiger partial charge in [-0.25, -0.2) is 0 Å². The SMILES string of the molecule is Cc1cccc(COc2c(C)cccc2C=O)c1. The van der Waals surface area contributed by atoms with Crippen LogP contribution in [0.4, 0.5) is 0 Å². The van der Waals surface area contributed by atoms with Crippen molar-refractivity contribution in [2.45, 2.75) is 20.5 Å². The summed E-state index contributed by atoms with van der Waals surface area (Å²) in [6, 6.07) is 13.7. The Morgan fingerprint density at radius 3 is 2.61 bits per heavy atom. The van der Waals surface area contributed by atoms with E-state index in [-0.39, 0.29) is 0 Å². The van der Waals surface area contributed by atoms with Crippen LogP contribution in [-0.4, -0.2) is 6.29 Å². The first kappa shape index (κ1) is 12.4. The zero-order valence-electron chi connectivity index (χ0n) is 10.6. The van der Waals surface area contributed by atoms with Gasteiger partial charge in [0, 0.05) is 0 Å². The van der Waals surface area contributed by atoms with Crippen molar-refractivity contribution in [3.8, 4) is 5.75 Å². The second kappa shape index (κ2) is 5.50. The number of benzene rings is 2. The molecular weight excluding hydrogens is 224 g/mol. The summed E-state index contributed by atoms with van der Waals surface area (Å²) in [6.45, 7) is 4.47. The zero-order chi connectivity index (χ0) is 13.0. The van der Waals surface area contributed by atoms with Crippen LogP contribution >= 0.6 is 0 Å². The second-order valence-electron chi connectivity index (χ2n) is 4.39. The highest BCUT2D eigenvalue weighted by Gasteiger charge is 2.06. The first-order valence-electron chi connectivity index (χ1n) is 5.94. The van der Waals surface area contributed by atoms with Gasteiger partial charge in [0.2, 0.25) is 0 Å². The highest BCUT2D eigenvalue weighted by molar-refractivity contribution is 5.80. The molecule has 0 unspecified atom stereocenters. The molecule has 0 saturated heterocycles. The Bertz CT molecular complexity index is 559. The van der Waals surface area contributed by atoms with Crippen LogP contribution < -0.4 is 4.74 Å². The quantitative estimate of drug-likeness (QED) is 0.762. The Balaban J connectivity index is 2.18. The monoisotopic (exact) mass is 240 g/mol. The molecule has 2 rings (SSSR count). The average molecular weight is 240 g/mol. The first-order chi connectivity index (χ1) is 8.70. The highest BCUT2D eigenvalue weighted by atomic mass is 16.5. The van der Waals surface area contributed by atoms with E-state index in [1.54, 1.807) is 6.07 Å². The Kier molecular flexibility index (Phi) is 3.78. The summed E-state index contributed by atoms with van der Waals surface area (Å²) in [6.07, 6.45) is 0.832. The lowest BCUT2D eigenvalue weighted by atomic mass is 10.1. The van der Waals surface area contributed by atoms with Gasteiger partial charge in [-0.15, -0.1) is 0 Å². The minimum absolute atomic E-state index is 0.480. The van der Waals surface area contributed by atoms with Gasteiger partial charge in [-0.05, 0) is 31.0 Å². The molecule has 92 valence electrons. The van der Waals surface area contributed by atoms with Crippen LogP contribution in [0.25, 0.3) is 0 Å². The third-order valence-corrected chi connectivity index (χ3v) is 2.83. The summed E-state index contributed by atoms with van der Waals surface area (Å²) in [5.74, 6) is 0.675. The second-order valence-corrected chi connectivity index (χ2v) is 4.39. The van der Waals surface area contributed by atoms with Crippen molar-refractivity contribution in [3.63, 3.8) is 0 Å². The van der Waals surface area contributed by atoms with Crippen molar-refractivity contribution in [2.75, 3.05) is 0 Å². The van der Waals surface area contributed by atoms with Crippen LogP contribution in [0.15, 0.2) is 42.5 Å². The van der Waals surface area contributed by atoms with Gasteiger partial charge in [-0.2, -0.15) is 0 Å². The van der Waals surface area contributed by atoms with Crippen LogP contribution in [0.5, 0.6) is 5.75 Å². The van der Waals surface area contributed by atoms with Gasteiger partial charge in [-0.1, -0.05) is 42.0 Å². The molecule has 0 aliphatic rings. The maximum Gasteiger partial charge on any atom is 0.153 e. The molecule has 2 nitrogen and oxygen atoms in total. The topological polar surface area (TPSA) is 26.3 Å². The average Bonchev–Trinajstić information content (AvgIpc) is 2.37. The molecular formula is C16H16O2. The first-order valence-corrected chi connectivity index (χ1v) is 5.94. The predicted octanol–water partition coefficient (Wildman–Crippen LogP) is 3.69. The van der Waals surface area contributed by atoms with Gasteiger partial charge in [0.05, 0.1) is 5.56 Å². The molecule has 18 heavy (non-hydrogen) atoms. The number of hydrogen-bond acceptors (Lipinski definition) is 2. The van der Waals surface area contributed by atoms with Crippen molar-refractivity contribution in [1.29, 1.82) is 0 Å². The van der Waals surface area contributed by atoms with Crippen molar-refractivity contribution >= 4 is 6.29 Å². The third-order valence-electron chi connectivity index (χ3n) is 2.83.